The van der Waals surface area contributed by atoms with Gasteiger partial charge in [-0.1, -0.05) is 18.2 Å². The van der Waals surface area contributed by atoms with Crippen molar-refractivity contribution >= 4 is 8.32 Å². The van der Waals surface area contributed by atoms with E-state index in [0.717, 1.165) is 11.3 Å². The molecule has 1 atom stereocenters. The van der Waals surface area contributed by atoms with Crippen molar-refractivity contribution in [2.24, 2.45) is 0 Å². The average molecular weight is 247 g/mol. The highest BCUT2D eigenvalue weighted by atomic mass is 28.4. The summed E-state index contributed by atoms with van der Waals surface area (Å²) < 4.78 is 11.7. The summed E-state index contributed by atoms with van der Waals surface area (Å²) >= 11 is 0. The third kappa shape index (κ3) is 2.35. The molecule has 0 amide bonds. The zero-order valence-electron chi connectivity index (χ0n) is 10.5. The van der Waals surface area contributed by atoms with Crippen LogP contribution in [0.25, 0.3) is 0 Å². The standard InChI is InChI=1S/C13H17NO2Si/c1-17(2,3)16-13(10-14)8-9-15-12-7-5-4-6-11(12)13/h4-7H,8-9H2,1-3H3/t13-/m0/s1. The molecule has 1 heterocycles. The van der Waals surface area contributed by atoms with Crippen molar-refractivity contribution in [2.45, 2.75) is 31.7 Å². The minimum absolute atomic E-state index is 0.537. The SMILES string of the molecule is C[Si](C)(C)O[C@]1(C#N)CCOc2ccccc21. The molecule has 1 aromatic carbocycles. The van der Waals surface area contributed by atoms with Crippen molar-refractivity contribution in [3.63, 3.8) is 0 Å². The molecule has 2 rings (SSSR count). The lowest BCUT2D eigenvalue weighted by Gasteiger charge is -2.37. The van der Waals surface area contributed by atoms with Gasteiger partial charge in [-0.05, 0) is 25.7 Å². The normalized spacial score (nSPS) is 23.4. The maximum atomic E-state index is 9.54. The topological polar surface area (TPSA) is 42.2 Å². The van der Waals surface area contributed by atoms with Gasteiger partial charge in [-0.15, -0.1) is 0 Å². The molecule has 4 heteroatoms. The summed E-state index contributed by atoms with van der Waals surface area (Å²) in [5.41, 5.74) is 0.0513. The molecule has 0 bridgehead atoms. The number of fused-ring (bicyclic) bond motifs is 1. The van der Waals surface area contributed by atoms with Crippen LogP contribution in [0.1, 0.15) is 12.0 Å². The van der Waals surface area contributed by atoms with Crippen LogP contribution in [-0.2, 0) is 10.0 Å². The van der Waals surface area contributed by atoms with E-state index < -0.39 is 13.9 Å². The van der Waals surface area contributed by atoms with Gasteiger partial charge in [-0.3, -0.25) is 0 Å². The summed E-state index contributed by atoms with van der Waals surface area (Å²) in [5, 5.41) is 9.54. The monoisotopic (exact) mass is 247 g/mol. The Morgan fingerprint density at radius 2 is 2.06 bits per heavy atom. The predicted molar refractivity (Wildman–Crippen MR) is 68.3 cm³/mol. The molecule has 0 aromatic heterocycles. The number of nitrogens with zero attached hydrogens (tertiary/aromatic N) is 1. The lowest BCUT2D eigenvalue weighted by atomic mass is 9.90. The van der Waals surface area contributed by atoms with E-state index in [4.69, 9.17) is 9.16 Å². The Morgan fingerprint density at radius 3 is 2.71 bits per heavy atom. The predicted octanol–water partition coefficient (Wildman–Crippen LogP) is 3.04. The molecule has 17 heavy (non-hydrogen) atoms. The first-order valence-electron chi connectivity index (χ1n) is 5.81. The Balaban J connectivity index is 2.47. The van der Waals surface area contributed by atoms with E-state index in [1.165, 1.54) is 0 Å². The molecule has 90 valence electrons. The van der Waals surface area contributed by atoms with E-state index in [1.54, 1.807) is 0 Å². The van der Waals surface area contributed by atoms with Crippen LogP contribution < -0.4 is 4.74 Å². The molecular formula is C13H17NO2Si. The Morgan fingerprint density at radius 1 is 1.35 bits per heavy atom. The lowest BCUT2D eigenvalue weighted by Crippen LogP contribution is -2.42. The maximum absolute atomic E-state index is 9.54. The Bertz CT molecular complexity index is 461. The molecule has 1 aliphatic heterocycles. The van der Waals surface area contributed by atoms with Gasteiger partial charge >= 0.3 is 0 Å². The van der Waals surface area contributed by atoms with E-state index >= 15 is 0 Å². The van der Waals surface area contributed by atoms with Crippen LogP contribution in [-0.4, -0.2) is 14.9 Å². The highest BCUT2D eigenvalue weighted by Gasteiger charge is 2.42. The summed E-state index contributed by atoms with van der Waals surface area (Å²) in [5.74, 6) is 0.776. The first-order valence-corrected chi connectivity index (χ1v) is 9.21. The number of hydrogen-bond donors (Lipinski definition) is 0. The second kappa shape index (κ2) is 4.17. The minimum Gasteiger partial charge on any atom is -0.493 e. The van der Waals surface area contributed by atoms with E-state index in [9.17, 15) is 5.26 Å². The van der Waals surface area contributed by atoms with Crippen molar-refractivity contribution in [3.8, 4) is 11.8 Å². The number of benzene rings is 1. The number of hydrogen-bond acceptors (Lipinski definition) is 3. The molecule has 1 aliphatic rings. The number of ether oxygens (including phenoxy) is 1. The van der Waals surface area contributed by atoms with Crippen LogP contribution in [0.4, 0.5) is 0 Å². The van der Waals surface area contributed by atoms with Crippen molar-refractivity contribution in [1.82, 2.24) is 0 Å². The van der Waals surface area contributed by atoms with Crippen molar-refractivity contribution in [2.75, 3.05) is 6.61 Å². The maximum Gasteiger partial charge on any atom is 0.186 e. The zero-order chi connectivity index (χ0) is 12.5. The molecule has 1 aromatic rings. The summed E-state index contributed by atoms with van der Waals surface area (Å²) in [6.07, 6.45) is 0.602. The second-order valence-corrected chi connectivity index (χ2v) is 9.68. The molecule has 0 unspecified atom stereocenters. The highest BCUT2D eigenvalue weighted by Crippen LogP contribution is 2.40. The fourth-order valence-corrected chi connectivity index (χ4v) is 3.44. The molecule has 0 N–H and O–H groups in total. The summed E-state index contributed by atoms with van der Waals surface area (Å²) in [6, 6.07) is 10.0. The van der Waals surface area contributed by atoms with Crippen LogP contribution in [0.2, 0.25) is 19.6 Å². The van der Waals surface area contributed by atoms with Gasteiger partial charge in [-0.2, -0.15) is 5.26 Å². The third-order valence-electron chi connectivity index (χ3n) is 2.69. The number of nitriles is 1. The number of para-hydroxylation sites is 1. The molecule has 0 aliphatic carbocycles. The molecular weight excluding hydrogens is 230 g/mol. The van der Waals surface area contributed by atoms with Crippen LogP contribution in [0.3, 0.4) is 0 Å². The average Bonchev–Trinajstić information content (AvgIpc) is 2.27. The van der Waals surface area contributed by atoms with Crippen molar-refractivity contribution in [3.05, 3.63) is 29.8 Å². The Hall–Kier alpha value is -1.31. The fourth-order valence-electron chi connectivity index (χ4n) is 2.13. The van der Waals surface area contributed by atoms with Gasteiger partial charge in [0.15, 0.2) is 13.9 Å². The van der Waals surface area contributed by atoms with Gasteiger partial charge in [0.1, 0.15) is 11.8 Å². The quantitative estimate of drug-likeness (QED) is 0.754. The Labute approximate surface area is 103 Å². The smallest absolute Gasteiger partial charge is 0.186 e. The highest BCUT2D eigenvalue weighted by molar-refractivity contribution is 6.69. The van der Waals surface area contributed by atoms with Gasteiger partial charge in [0.25, 0.3) is 0 Å². The van der Waals surface area contributed by atoms with Crippen LogP contribution in [0.5, 0.6) is 5.75 Å². The summed E-state index contributed by atoms with van der Waals surface area (Å²) in [6.45, 7) is 6.84. The lowest BCUT2D eigenvalue weighted by molar-refractivity contribution is 0.0664. The first kappa shape index (κ1) is 12.2. The third-order valence-corrected chi connectivity index (χ3v) is 3.66. The van der Waals surface area contributed by atoms with Crippen LogP contribution in [0.15, 0.2) is 24.3 Å². The molecule has 3 nitrogen and oxygen atoms in total. The second-order valence-electron chi connectivity index (χ2n) is 5.25. The van der Waals surface area contributed by atoms with Crippen molar-refractivity contribution < 1.29 is 9.16 Å². The van der Waals surface area contributed by atoms with E-state index in [0.29, 0.717) is 13.0 Å². The molecule has 0 saturated heterocycles. The summed E-state index contributed by atoms with van der Waals surface area (Å²) in [4.78, 5) is 0. The van der Waals surface area contributed by atoms with Crippen LogP contribution >= 0.6 is 0 Å². The number of rotatable bonds is 2. The van der Waals surface area contributed by atoms with Gasteiger partial charge in [-0.25, -0.2) is 0 Å². The Kier molecular flexibility index (Phi) is 2.98. The van der Waals surface area contributed by atoms with Crippen LogP contribution in [0, 0.1) is 11.3 Å². The fraction of sp³-hybridized carbons (Fsp3) is 0.462. The van der Waals surface area contributed by atoms with Gasteiger partial charge in [0, 0.05) is 12.0 Å². The van der Waals surface area contributed by atoms with Gasteiger partial charge < -0.3 is 9.16 Å². The zero-order valence-corrected chi connectivity index (χ0v) is 11.5. The van der Waals surface area contributed by atoms with E-state index in [1.807, 2.05) is 24.3 Å². The van der Waals surface area contributed by atoms with E-state index in [-0.39, 0.29) is 0 Å². The van der Waals surface area contributed by atoms with Crippen molar-refractivity contribution in [1.29, 1.82) is 5.26 Å². The largest absolute Gasteiger partial charge is 0.493 e. The first-order chi connectivity index (χ1) is 7.97. The van der Waals surface area contributed by atoms with Gasteiger partial charge in [0.2, 0.25) is 0 Å². The summed E-state index contributed by atoms with van der Waals surface area (Å²) in [7, 11) is -1.78. The molecule has 0 fully saturated rings. The molecule has 0 radical (unpaired) electrons. The minimum atomic E-state index is -1.78. The van der Waals surface area contributed by atoms with E-state index in [2.05, 4.69) is 25.7 Å². The molecule has 0 saturated carbocycles. The molecule has 0 spiro atoms. The van der Waals surface area contributed by atoms with Gasteiger partial charge in [0.05, 0.1) is 6.61 Å².